The van der Waals surface area contributed by atoms with Gasteiger partial charge < -0.3 is 0 Å². The van der Waals surface area contributed by atoms with Crippen LogP contribution in [0, 0.1) is 0 Å². The molecule has 0 unspecified atom stereocenters. The van der Waals surface area contributed by atoms with Gasteiger partial charge in [-0.15, -0.1) is 16.6 Å². The highest BCUT2D eigenvalue weighted by Gasteiger charge is 2.30. The van der Waals surface area contributed by atoms with Gasteiger partial charge >= 0.3 is 5.82 Å². The van der Waals surface area contributed by atoms with E-state index in [0.717, 1.165) is 24.4 Å². The molecule has 0 spiro atoms. The number of hydrogen-bond acceptors (Lipinski definition) is 3. The fraction of sp³-hybridized carbons (Fsp3) is 0.200. The molecule has 0 saturated heterocycles. The molecule has 0 saturated carbocycles. The van der Waals surface area contributed by atoms with Crippen LogP contribution >= 0.6 is 11.6 Å². The molecule has 2 rings (SSSR count). The Morgan fingerprint density at radius 1 is 1.64 bits per heavy atom. The van der Waals surface area contributed by atoms with Crippen molar-refractivity contribution in [2.24, 2.45) is 10.1 Å². The number of allylic oxidation sites excluding steroid dienone is 4. The molecule has 0 aromatic rings. The minimum absolute atomic E-state index is 0.491. The lowest BCUT2D eigenvalue weighted by molar-refractivity contribution is 0.441. The predicted octanol–water partition coefficient (Wildman–Crippen LogP) is 2.51. The third kappa shape index (κ3) is 1.60. The molecule has 2 aliphatic heterocycles. The Kier molecular flexibility index (Phi) is 2.44. The molecule has 0 N–H and O–H groups in total. The van der Waals surface area contributed by atoms with Gasteiger partial charge in [0.15, 0.2) is 5.17 Å². The molecule has 70 valence electrons. The fourth-order valence-electron chi connectivity index (χ4n) is 1.32. The maximum Gasteiger partial charge on any atom is 0.306 e. The zero-order chi connectivity index (χ0) is 9.97. The number of hydrogen-bond donors (Lipinski definition) is 0. The van der Waals surface area contributed by atoms with Crippen molar-refractivity contribution < 1.29 is 0 Å². The summed E-state index contributed by atoms with van der Waals surface area (Å²) in [6.07, 6.45) is 9.90. The van der Waals surface area contributed by atoms with Crippen molar-refractivity contribution in [3.63, 3.8) is 0 Å². The van der Waals surface area contributed by atoms with Gasteiger partial charge in [0.2, 0.25) is 12.3 Å². The molecule has 0 aromatic carbocycles. The molecule has 2 aliphatic rings. The monoisotopic (exact) mass is 206 g/mol. The van der Waals surface area contributed by atoms with Gasteiger partial charge in [-0.2, -0.15) is 0 Å². The minimum Gasteiger partial charge on any atom is -0.119 e. The molecule has 0 aromatic heterocycles. The zero-order valence-electron chi connectivity index (χ0n) is 7.57. The van der Waals surface area contributed by atoms with Crippen molar-refractivity contribution in [3.05, 3.63) is 36.3 Å². The van der Waals surface area contributed by atoms with Crippen molar-refractivity contribution in [2.45, 2.75) is 12.8 Å². The van der Waals surface area contributed by atoms with Gasteiger partial charge in [-0.3, -0.25) is 0 Å². The van der Waals surface area contributed by atoms with E-state index in [9.17, 15) is 0 Å². The Labute approximate surface area is 87.8 Å². The molecule has 3 nitrogen and oxygen atoms in total. The number of fused-ring (bicyclic) bond motifs is 1. The molecule has 2 heterocycles. The Morgan fingerprint density at radius 2 is 2.50 bits per heavy atom. The highest BCUT2D eigenvalue weighted by Crippen LogP contribution is 2.26. The van der Waals surface area contributed by atoms with E-state index in [-0.39, 0.29) is 0 Å². The van der Waals surface area contributed by atoms with E-state index < -0.39 is 0 Å². The molecule has 4 heteroatoms. The topological polar surface area (TPSA) is 28.0 Å². The summed E-state index contributed by atoms with van der Waals surface area (Å²) in [7, 11) is 0. The van der Waals surface area contributed by atoms with Gasteiger partial charge in [0, 0.05) is 11.2 Å². The number of nitrogens with zero attached hydrogens (tertiary/aromatic N) is 3. The lowest BCUT2D eigenvalue weighted by Crippen LogP contribution is -2.17. The number of hydrazone groups is 1. The maximum absolute atomic E-state index is 5.87. The third-order valence-electron chi connectivity index (χ3n) is 1.95. The van der Waals surface area contributed by atoms with E-state index in [0.29, 0.717) is 5.17 Å². The maximum atomic E-state index is 5.87. The van der Waals surface area contributed by atoms with Crippen LogP contribution < -0.4 is 0 Å². The van der Waals surface area contributed by atoms with Crippen LogP contribution in [0.15, 0.2) is 46.4 Å². The molecule has 14 heavy (non-hydrogen) atoms. The first-order chi connectivity index (χ1) is 6.81. The first-order valence-electron chi connectivity index (χ1n) is 4.33. The summed E-state index contributed by atoms with van der Waals surface area (Å²) >= 11 is 5.87. The second-order valence-electron chi connectivity index (χ2n) is 2.94. The van der Waals surface area contributed by atoms with E-state index in [2.05, 4.69) is 22.9 Å². The number of rotatable bonds is 3. The van der Waals surface area contributed by atoms with Gasteiger partial charge in [0.1, 0.15) is 0 Å². The molecule has 0 amide bonds. The summed E-state index contributed by atoms with van der Waals surface area (Å²) in [5.41, 5.74) is 1.03. The van der Waals surface area contributed by atoms with Crippen LogP contribution in [0.4, 0.5) is 0 Å². The summed E-state index contributed by atoms with van der Waals surface area (Å²) in [4.78, 5) is 4.11. The van der Waals surface area contributed by atoms with E-state index in [1.165, 1.54) is 0 Å². The van der Waals surface area contributed by atoms with Crippen LogP contribution in [0.1, 0.15) is 12.8 Å². The van der Waals surface area contributed by atoms with Crippen molar-refractivity contribution in [1.82, 2.24) is 5.01 Å². The molecule has 0 fully saturated rings. The predicted molar refractivity (Wildman–Crippen MR) is 58.2 cm³/mol. The number of halogens is 1. The second-order valence-corrected chi connectivity index (χ2v) is 3.33. The summed E-state index contributed by atoms with van der Waals surface area (Å²) < 4.78 is 0. The Hall–Kier alpha value is -1.44. The first kappa shape index (κ1) is 9.13. The Morgan fingerprint density at radius 3 is 3.29 bits per heavy atom. The van der Waals surface area contributed by atoms with E-state index in [1.54, 1.807) is 11.1 Å². The van der Waals surface area contributed by atoms with Gasteiger partial charge in [0.05, 0.1) is 5.70 Å². The standard InChI is InChI=1S/C10H9ClN3/c1-2-3-4-8-7-9(11)13-10-5-6-12-14(8)10/h2,5,7H,1,3-4H2/q+1. The van der Waals surface area contributed by atoms with Crippen LogP contribution in [-0.2, 0) is 0 Å². The minimum atomic E-state index is 0.491. The average Bonchev–Trinajstić information content (AvgIpc) is 2.61. The lowest BCUT2D eigenvalue weighted by Gasteiger charge is -2.14. The SMILES string of the molecule is C=CCCC1=CC(Cl)=NC2=C[C+]=NN12. The molecule has 0 radical (unpaired) electrons. The smallest absolute Gasteiger partial charge is 0.119 e. The zero-order valence-corrected chi connectivity index (χ0v) is 8.33. The summed E-state index contributed by atoms with van der Waals surface area (Å²) in [6.45, 7) is 3.68. The molecule has 0 bridgehead atoms. The van der Waals surface area contributed by atoms with Crippen molar-refractivity contribution >= 4 is 23.0 Å². The third-order valence-corrected chi connectivity index (χ3v) is 2.15. The van der Waals surface area contributed by atoms with Crippen molar-refractivity contribution in [1.29, 1.82) is 0 Å². The number of aliphatic imine (C=N–C) groups is 1. The van der Waals surface area contributed by atoms with Crippen LogP contribution in [0.5, 0.6) is 0 Å². The lowest BCUT2D eigenvalue weighted by atomic mass is 10.2. The summed E-state index contributed by atoms with van der Waals surface area (Å²) in [6, 6.07) is 0. The normalized spacial score (nSPS) is 18.1. The molecular weight excluding hydrogens is 198 g/mol. The van der Waals surface area contributed by atoms with Gasteiger partial charge in [0.25, 0.3) is 0 Å². The van der Waals surface area contributed by atoms with Gasteiger partial charge in [-0.25, -0.2) is 0 Å². The first-order valence-corrected chi connectivity index (χ1v) is 4.71. The van der Waals surface area contributed by atoms with Gasteiger partial charge in [-0.1, -0.05) is 17.7 Å². The van der Waals surface area contributed by atoms with Crippen molar-refractivity contribution in [2.75, 3.05) is 0 Å². The summed E-state index contributed by atoms with van der Waals surface area (Å²) in [5, 5.41) is 6.29. The van der Waals surface area contributed by atoms with Gasteiger partial charge in [-0.05, 0) is 12.8 Å². The Balaban J connectivity index is 2.21. The summed E-state index contributed by atoms with van der Waals surface area (Å²) in [5.74, 6) is 0.733. The molecule has 0 aliphatic carbocycles. The highest BCUT2D eigenvalue weighted by atomic mass is 35.5. The fourth-order valence-corrected chi connectivity index (χ4v) is 1.53. The van der Waals surface area contributed by atoms with Crippen LogP contribution in [-0.4, -0.2) is 16.4 Å². The molecular formula is C10H9ClN3+. The average molecular weight is 207 g/mol. The Bertz CT molecular complexity index is 377. The molecule has 0 atom stereocenters. The van der Waals surface area contributed by atoms with E-state index >= 15 is 0 Å². The van der Waals surface area contributed by atoms with Crippen LogP contribution in [0.3, 0.4) is 0 Å². The van der Waals surface area contributed by atoms with E-state index in [4.69, 9.17) is 11.6 Å². The largest absolute Gasteiger partial charge is 0.306 e. The van der Waals surface area contributed by atoms with Crippen molar-refractivity contribution in [3.8, 4) is 0 Å². The van der Waals surface area contributed by atoms with Crippen LogP contribution in [0.25, 0.3) is 0 Å². The highest BCUT2D eigenvalue weighted by molar-refractivity contribution is 6.68. The second kappa shape index (κ2) is 3.74. The van der Waals surface area contributed by atoms with E-state index in [1.807, 2.05) is 12.2 Å². The quantitative estimate of drug-likeness (QED) is 0.515. The van der Waals surface area contributed by atoms with Crippen LogP contribution in [0.2, 0.25) is 0 Å².